The van der Waals surface area contributed by atoms with Crippen molar-refractivity contribution in [2.75, 3.05) is 13.1 Å². The largest absolute Gasteiger partial charge is 0.444 e. The zero-order chi connectivity index (χ0) is 14.5. The van der Waals surface area contributed by atoms with E-state index in [9.17, 15) is 9.90 Å². The summed E-state index contributed by atoms with van der Waals surface area (Å²) in [5.41, 5.74) is 1.72. The van der Waals surface area contributed by atoms with Crippen molar-refractivity contribution in [3.8, 4) is 0 Å². The van der Waals surface area contributed by atoms with Crippen LogP contribution in [0.25, 0.3) is 0 Å². The predicted molar refractivity (Wildman–Crippen MR) is 75.4 cm³/mol. The maximum Gasteiger partial charge on any atom is 0.410 e. The monoisotopic (exact) mass is 275 g/mol. The van der Waals surface area contributed by atoms with E-state index in [1.165, 1.54) is 5.56 Å². The maximum absolute atomic E-state index is 12.1. The summed E-state index contributed by atoms with van der Waals surface area (Å²) in [6.45, 7) is 6.80. The van der Waals surface area contributed by atoms with Gasteiger partial charge in [-0.1, -0.05) is 24.3 Å². The predicted octanol–water partition coefficient (Wildman–Crippen LogP) is 2.68. The number of carbonyl (C=O) groups is 1. The average Bonchev–Trinajstić information content (AvgIpc) is 2.89. The van der Waals surface area contributed by atoms with Gasteiger partial charge in [-0.25, -0.2) is 4.79 Å². The van der Waals surface area contributed by atoms with Crippen LogP contribution in [0.15, 0.2) is 24.3 Å². The van der Waals surface area contributed by atoms with Gasteiger partial charge in [0.25, 0.3) is 0 Å². The smallest absolute Gasteiger partial charge is 0.410 e. The van der Waals surface area contributed by atoms with Gasteiger partial charge >= 0.3 is 6.09 Å². The van der Waals surface area contributed by atoms with Crippen molar-refractivity contribution in [1.29, 1.82) is 0 Å². The molecule has 1 N–H and O–H groups in total. The van der Waals surface area contributed by atoms with E-state index in [1.807, 2.05) is 39.0 Å². The summed E-state index contributed by atoms with van der Waals surface area (Å²) in [7, 11) is 0. The highest BCUT2D eigenvalue weighted by Crippen LogP contribution is 2.49. The highest BCUT2D eigenvalue weighted by Gasteiger charge is 2.47. The molecule has 0 aromatic heterocycles. The van der Waals surface area contributed by atoms with Gasteiger partial charge in [-0.05, 0) is 31.9 Å². The molecule has 4 nitrogen and oxygen atoms in total. The Labute approximate surface area is 119 Å². The first kappa shape index (κ1) is 13.4. The third kappa shape index (κ3) is 2.18. The SMILES string of the molecule is CC(C)(C)OC(=O)N1C[C@@H]2C(O)c3ccccc3[C@@H]2C1. The number of rotatable bonds is 0. The van der Waals surface area contributed by atoms with E-state index in [4.69, 9.17) is 4.74 Å². The van der Waals surface area contributed by atoms with Crippen molar-refractivity contribution < 1.29 is 14.6 Å². The third-order valence-electron chi connectivity index (χ3n) is 4.14. The summed E-state index contributed by atoms with van der Waals surface area (Å²) < 4.78 is 5.42. The molecule has 0 saturated carbocycles. The van der Waals surface area contributed by atoms with Crippen LogP contribution in [0.4, 0.5) is 4.79 Å². The number of amides is 1. The van der Waals surface area contributed by atoms with Crippen molar-refractivity contribution >= 4 is 6.09 Å². The summed E-state index contributed by atoms with van der Waals surface area (Å²) >= 11 is 0. The number of aliphatic hydroxyl groups is 1. The second-order valence-electron chi connectivity index (χ2n) is 6.73. The quantitative estimate of drug-likeness (QED) is 0.792. The Bertz CT molecular complexity index is 535. The Hall–Kier alpha value is -1.55. The molecule has 1 saturated heterocycles. The van der Waals surface area contributed by atoms with Crippen molar-refractivity contribution in [3.63, 3.8) is 0 Å². The standard InChI is InChI=1S/C16H21NO3/c1-16(2,3)20-15(19)17-8-12-10-6-4-5-7-11(10)14(18)13(12)9-17/h4-7,12-14,18H,8-9H2,1-3H3/t12-,13-,14?/m0/s1. The zero-order valence-electron chi connectivity index (χ0n) is 12.2. The average molecular weight is 275 g/mol. The second kappa shape index (κ2) is 4.48. The van der Waals surface area contributed by atoms with Crippen LogP contribution in [0.2, 0.25) is 0 Å². The van der Waals surface area contributed by atoms with Crippen molar-refractivity contribution in [2.24, 2.45) is 5.92 Å². The van der Waals surface area contributed by atoms with E-state index < -0.39 is 11.7 Å². The number of hydrogen-bond donors (Lipinski definition) is 1. The van der Waals surface area contributed by atoms with Crippen LogP contribution in [0.1, 0.15) is 43.9 Å². The first-order valence-electron chi connectivity index (χ1n) is 7.11. The van der Waals surface area contributed by atoms with Gasteiger partial charge in [-0.2, -0.15) is 0 Å². The fraction of sp³-hybridized carbons (Fsp3) is 0.562. The van der Waals surface area contributed by atoms with Crippen molar-refractivity contribution in [3.05, 3.63) is 35.4 Å². The molecule has 108 valence electrons. The summed E-state index contributed by atoms with van der Waals surface area (Å²) in [5, 5.41) is 10.4. The molecule has 1 aliphatic heterocycles. The number of carbonyl (C=O) groups excluding carboxylic acids is 1. The lowest BCUT2D eigenvalue weighted by molar-refractivity contribution is 0.0267. The first-order chi connectivity index (χ1) is 9.37. The molecule has 1 aromatic carbocycles. The Morgan fingerprint density at radius 3 is 2.55 bits per heavy atom. The highest BCUT2D eigenvalue weighted by molar-refractivity contribution is 5.69. The van der Waals surface area contributed by atoms with Crippen molar-refractivity contribution in [2.45, 2.75) is 38.4 Å². The van der Waals surface area contributed by atoms with Gasteiger partial charge < -0.3 is 14.7 Å². The van der Waals surface area contributed by atoms with Crippen LogP contribution in [-0.2, 0) is 4.74 Å². The number of hydrogen-bond acceptors (Lipinski definition) is 3. The lowest BCUT2D eigenvalue weighted by atomic mass is 9.96. The summed E-state index contributed by atoms with van der Waals surface area (Å²) in [6, 6.07) is 7.98. The molecular formula is C16H21NO3. The fourth-order valence-electron chi connectivity index (χ4n) is 3.30. The van der Waals surface area contributed by atoms with Crippen LogP contribution in [-0.4, -0.2) is 34.8 Å². The van der Waals surface area contributed by atoms with Gasteiger partial charge in [0, 0.05) is 24.9 Å². The lowest BCUT2D eigenvalue weighted by Gasteiger charge is -2.25. The molecule has 2 aliphatic rings. The molecule has 0 spiro atoms. The minimum atomic E-state index is -0.481. The summed E-state index contributed by atoms with van der Waals surface area (Å²) in [6.07, 6.45) is -0.750. The minimum absolute atomic E-state index is 0.0971. The zero-order valence-corrected chi connectivity index (χ0v) is 12.2. The number of aliphatic hydroxyl groups excluding tert-OH is 1. The van der Waals surface area contributed by atoms with E-state index in [1.54, 1.807) is 4.90 Å². The number of fused-ring (bicyclic) bond motifs is 3. The highest BCUT2D eigenvalue weighted by atomic mass is 16.6. The van der Waals surface area contributed by atoms with E-state index in [0.717, 1.165) is 5.56 Å². The van der Waals surface area contributed by atoms with Gasteiger partial charge in [0.2, 0.25) is 0 Å². The normalized spacial score (nSPS) is 28.2. The van der Waals surface area contributed by atoms with Crippen LogP contribution in [0.5, 0.6) is 0 Å². The summed E-state index contributed by atoms with van der Waals surface area (Å²) in [4.78, 5) is 13.9. The fourth-order valence-corrected chi connectivity index (χ4v) is 3.30. The molecule has 1 amide bonds. The molecule has 1 heterocycles. The molecule has 1 aliphatic carbocycles. The Morgan fingerprint density at radius 2 is 1.90 bits per heavy atom. The lowest BCUT2D eigenvalue weighted by Crippen LogP contribution is -2.36. The van der Waals surface area contributed by atoms with E-state index >= 15 is 0 Å². The van der Waals surface area contributed by atoms with E-state index in [-0.39, 0.29) is 17.9 Å². The molecule has 0 bridgehead atoms. The van der Waals surface area contributed by atoms with Crippen LogP contribution in [0, 0.1) is 5.92 Å². The number of ether oxygens (including phenoxy) is 1. The Morgan fingerprint density at radius 1 is 1.25 bits per heavy atom. The third-order valence-corrected chi connectivity index (χ3v) is 4.14. The molecule has 3 atom stereocenters. The number of benzene rings is 1. The Kier molecular flexibility index (Phi) is 3.01. The number of nitrogens with zero attached hydrogens (tertiary/aromatic N) is 1. The van der Waals surface area contributed by atoms with Gasteiger partial charge in [0.05, 0.1) is 6.10 Å². The van der Waals surface area contributed by atoms with Crippen LogP contribution in [0.3, 0.4) is 0 Å². The van der Waals surface area contributed by atoms with E-state index in [2.05, 4.69) is 6.07 Å². The summed E-state index contributed by atoms with van der Waals surface area (Å²) in [5.74, 6) is 0.327. The van der Waals surface area contributed by atoms with Crippen molar-refractivity contribution in [1.82, 2.24) is 4.90 Å². The minimum Gasteiger partial charge on any atom is -0.444 e. The van der Waals surface area contributed by atoms with Gasteiger partial charge in [-0.15, -0.1) is 0 Å². The molecule has 3 rings (SSSR count). The van der Waals surface area contributed by atoms with Gasteiger partial charge in [-0.3, -0.25) is 0 Å². The van der Waals surface area contributed by atoms with Crippen LogP contribution < -0.4 is 0 Å². The molecule has 4 heteroatoms. The Balaban J connectivity index is 1.77. The molecule has 1 unspecified atom stereocenters. The molecule has 1 fully saturated rings. The van der Waals surface area contributed by atoms with Crippen LogP contribution >= 0.6 is 0 Å². The first-order valence-corrected chi connectivity index (χ1v) is 7.11. The van der Waals surface area contributed by atoms with E-state index in [0.29, 0.717) is 13.1 Å². The molecule has 1 aromatic rings. The molecule has 20 heavy (non-hydrogen) atoms. The molecular weight excluding hydrogens is 254 g/mol. The van der Waals surface area contributed by atoms with Gasteiger partial charge in [0.15, 0.2) is 0 Å². The molecule has 0 radical (unpaired) electrons. The maximum atomic E-state index is 12.1. The topological polar surface area (TPSA) is 49.8 Å². The van der Waals surface area contributed by atoms with Gasteiger partial charge in [0.1, 0.15) is 5.60 Å². The number of likely N-dealkylation sites (tertiary alicyclic amines) is 1. The second-order valence-corrected chi connectivity index (χ2v) is 6.73.